The number of aryl methyl sites for hydroxylation is 1. The Morgan fingerprint density at radius 1 is 1.42 bits per heavy atom. The van der Waals surface area contributed by atoms with Gasteiger partial charge in [0.05, 0.1) is 22.6 Å². The predicted octanol–water partition coefficient (Wildman–Crippen LogP) is 0.149. The van der Waals surface area contributed by atoms with E-state index in [0.717, 1.165) is 5.56 Å². The fourth-order valence-corrected chi connectivity index (χ4v) is 4.58. The van der Waals surface area contributed by atoms with Gasteiger partial charge >= 0.3 is 0 Å². The molecule has 1 fully saturated rings. The van der Waals surface area contributed by atoms with Gasteiger partial charge in [-0.1, -0.05) is 0 Å². The van der Waals surface area contributed by atoms with E-state index < -0.39 is 5.12 Å². The first-order valence-corrected chi connectivity index (χ1v) is 8.85. The summed E-state index contributed by atoms with van der Waals surface area (Å²) >= 11 is 6.36. The number of aromatic nitrogens is 1. The molecule has 2 aliphatic rings. The molecule has 2 aliphatic heterocycles. The Balaban J connectivity index is 2.02. The van der Waals surface area contributed by atoms with Crippen molar-refractivity contribution in [3.05, 3.63) is 41.4 Å². The van der Waals surface area contributed by atoms with Crippen LogP contribution in [0.25, 0.3) is 0 Å². The number of carbonyl (C=O) groups excluding carboxylic acids is 3. The largest absolute Gasteiger partial charge is 0.735 e. The maximum absolute atomic E-state index is 12.1. The molecule has 3 rings (SSSR count). The van der Waals surface area contributed by atoms with Crippen molar-refractivity contribution in [1.82, 2.24) is 10.2 Å². The van der Waals surface area contributed by atoms with Crippen LogP contribution in [0.4, 0.5) is 0 Å². The number of nitrogens with one attached hydrogen (secondary N) is 1. The van der Waals surface area contributed by atoms with Gasteiger partial charge in [0.2, 0.25) is 11.8 Å². The van der Waals surface area contributed by atoms with Crippen LogP contribution in [-0.2, 0) is 40.5 Å². The lowest BCUT2D eigenvalue weighted by atomic mass is 10.0. The molecule has 1 N–H and O–H groups in total. The molecule has 1 aromatic heterocycles. The lowest BCUT2D eigenvalue weighted by Gasteiger charge is -2.48. The standard InChI is InChI=1S/C16H17N3O3S2/c1-9(20)17-15-11(7-10-3-5-18(2)6-4-10)14(16(22)23)19-12(21)8-13(19)24-15/h3-6,13,15H,7-8H2,1-2H3,(H-,17,20,22,23)/t13-,15?/m1/s1. The highest BCUT2D eigenvalue weighted by Crippen LogP contribution is 2.44. The Morgan fingerprint density at radius 2 is 2.08 bits per heavy atom. The minimum Gasteiger partial charge on any atom is -0.735 e. The zero-order valence-corrected chi connectivity index (χ0v) is 14.9. The minimum atomic E-state index is -0.555. The molecule has 6 nitrogen and oxygen atoms in total. The molecule has 2 atom stereocenters. The second-order valence-electron chi connectivity index (χ2n) is 5.85. The Labute approximate surface area is 149 Å². The number of fused-ring (bicyclic) bond motifs is 1. The summed E-state index contributed by atoms with van der Waals surface area (Å²) in [6.45, 7) is 1.44. The third-order valence-electron chi connectivity index (χ3n) is 4.03. The van der Waals surface area contributed by atoms with Crippen LogP contribution in [0.5, 0.6) is 0 Å². The number of carbonyl (C=O) groups is 3. The van der Waals surface area contributed by atoms with Crippen LogP contribution < -0.4 is 9.88 Å². The quantitative estimate of drug-likeness (QED) is 0.468. The van der Waals surface area contributed by atoms with Crippen LogP contribution in [0.3, 0.4) is 0 Å². The zero-order chi connectivity index (χ0) is 17.4. The maximum Gasteiger partial charge on any atom is 0.230 e. The minimum absolute atomic E-state index is 0.0982. The molecule has 8 heteroatoms. The number of thioether (sulfide) groups is 1. The molecular formula is C16H17N3O3S2. The van der Waals surface area contributed by atoms with Gasteiger partial charge in [0, 0.05) is 19.1 Å². The fraction of sp³-hybridized carbons (Fsp3) is 0.375. The highest BCUT2D eigenvalue weighted by Gasteiger charge is 2.46. The topological polar surface area (TPSA) is 70.4 Å². The van der Waals surface area contributed by atoms with Gasteiger partial charge in [-0.2, -0.15) is 0 Å². The van der Waals surface area contributed by atoms with Gasteiger partial charge in [-0.25, -0.2) is 4.57 Å². The van der Waals surface area contributed by atoms with E-state index >= 15 is 0 Å². The van der Waals surface area contributed by atoms with Crippen molar-refractivity contribution in [3.8, 4) is 0 Å². The number of amides is 2. The fourth-order valence-electron chi connectivity index (χ4n) is 2.86. The lowest BCUT2D eigenvalue weighted by Crippen LogP contribution is -2.57. The molecule has 0 saturated carbocycles. The molecule has 0 aromatic carbocycles. The summed E-state index contributed by atoms with van der Waals surface area (Å²) in [6.07, 6.45) is 4.63. The van der Waals surface area contributed by atoms with Crippen LogP contribution in [0.1, 0.15) is 18.9 Å². The monoisotopic (exact) mass is 363 g/mol. The van der Waals surface area contributed by atoms with E-state index in [9.17, 15) is 14.4 Å². The molecule has 0 aliphatic carbocycles. The van der Waals surface area contributed by atoms with E-state index in [4.69, 9.17) is 12.6 Å². The smallest absolute Gasteiger partial charge is 0.230 e. The highest BCUT2D eigenvalue weighted by atomic mass is 32.2. The summed E-state index contributed by atoms with van der Waals surface area (Å²) in [6, 6.07) is 3.88. The second kappa shape index (κ2) is 6.52. The van der Waals surface area contributed by atoms with Crippen LogP contribution in [0.2, 0.25) is 0 Å². The number of nitrogens with zero attached hydrogens (tertiary/aromatic N) is 2. The van der Waals surface area contributed by atoms with Crippen LogP contribution >= 0.6 is 11.8 Å². The summed E-state index contributed by atoms with van der Waals surface area (Å²) in [7, 11) is 1.92. The summed E-state index contributed by atoms with van der Waals surface area (Å²) in [5.41, 5.74) is 1.93. The van der Waals surface area contributed by atoms with Crippen molar-refractivity contribution in [2.45, 2.75) is 30.5 Å². The number of β-lactam (4-membered cyclic amide) rings is 1. The normalized spacial score (nSPS) is 22.8. The second-order valence-corrected chi connectivity index (χ2v) is 7.51. The van der Waals surface area contributed by atoms with Crippen molar-refractivity contribution >= 4 is 41.3 Å². The van der Waals surface area contributed by atoms with Crippen LogP contribution in [-0.4, -0.2) is 32.6 Å². The molecule has 0 spiro atoms. The Bertz CT molecular complexity index is 745. The molecule has 0 bridgehead atoms. The van der Waals surface area contributed by atoms with Crippen molar-refractivity contribution in [2.75, 3.05) is 0 Å². The summed E-state index contributed by atoms with van der Waals surface area (Å²) in [4.78, 5) is 37.0. The van der Waals surface area contributed by atoms with Crippen molar-refractivity contribution in [3.63, 3.8) is 0 Å². The third-order valence-corrected chi connectivity index (χ3v) is 5.59. The Kier molecular flexibility index (Phi) is 4.60. The van der Waals surface area contributed by atoms with E-state index in [1.165, 1.54) is 23.6 Å². The Hall–Kier alpha value is -1.93. The highest BCUT2D eigenvalue weighted by molar-refractivity contribution is 8.00. The third kappa shape index (κ3) is 3.16. The van der Waals surface area contributed by atoms with E-state index in [1.807, 2.05) is 36.1 Å². The van der Waals surface area contributed by atoms with Crippen molar-refractivity contribution < 1.29 is 19.0 Å². The molecule has 1 aromatic rings. The van der Waals surface area contributed by atoms with Gasteiger partial charge in [0.1, 0.15) is 12.4 Å². The zero-order valence-electron chi connectivity index (χ0n) is 13.3. The van der Waals surface area contributed by atoms with E-state index in [1.54, 1.807) is 0 Å². The first kappa shape index (κ1) is 16.9. The molecule has 1 saturated heterocycles. The van der Waals surface area contributed by atoms with E-state index in [0.29, 0.717) is 18.4 Å². The van der Waals surface area contributed by atoms with Crippen LogP contribution in [0.15, 0.2) is 35.8 Å². The van der Waals surface area contributed by atoms with Gasteiger partial charge in [0.25, 0.3) is 0 Å². The van der Waals surface area contributed by atoms with E-state index in [2.05, 4.69) is 5.32 Å². The van der Waals surface area contributed by atoms with Crippen LogP contribution in [0, 0.1) is 0 Å². The van der Waals surface area contributed by atoms with Gasteiger partial charge < -0.3 is 22.7 Å². The molecule has 24 heavy (non-hydrogen) atoms. The molecule has 126 valence electrons. The first-order valence-electron chi connectivity index (χ1n) is 7.50. The number of pyridine rings is 1. The molecular weight excluding hydrogens is 346 g/mol. The molecule has 1 unspecified atom stereocenters. The Morgan fingerprint density at radius 3 is 2.62 bits per heavy atom. The number of hydrogen-bond acceptors (Lipinski definition) is 5. The summed E-state index contributed by atoms with van der Waals surface area (Å²) < 4.78 is 1.91. The summed E-state index contributed by atoms with van der Waals surface area (Å²) in [5.74, 6) is -0.279. The van der Waals surface area contributed by atoms with Crippen molar-refractivity contribution in [1.29, 1.82) is 0 Å². The first-order chi connectivity index (χ1) is 11.4. The SMILES string of the molecule is CC(=O)NC1S[C@@H]2CC(=O)N2C(C(=O)[S-])=C1Cc1cc[n+](C)cc1. The molecule has 2 amide bonds. The van der Waals surface area contributed by atoms with Gasteiger partial charge in [-0.05, 0) is 17.6 Å². The average Bonchev–Trinajstić information content (AvgIpc) is 2.50. The maximum atomic E-state index is 12.1. The predicted molar refractivity (Wildman–Crippen MR) is 91.2 cm³/mol. The number of hydrogen-bond donors (Lipinski definition) is 1. The molecule has 0 radical (unpaired) electrons. The van der Waals surface area contributed by atoms with Gasteiger partial charge in [-0.3, -0.25) is 14.5 Å². The van der Waals surface area contributed by atoms with Gasteiger partial charge in [0.15, 0.2) is 12.4 Å². The molecule has 3 heterocycles. The van der Waals surface area contributed by atoms with Crippen molar-refractivity contribution in [2.24, 2.45) is 7.05 Å². The number of rotatable bonds is 4. The van der Waals surface area contributed by atoms with E-state index in [-0.39, 0.29) is 28.3 Å². The van der Waals surface area contributed by atoms with Gasteiger partial charge in [-0.15, -0.1) is 11.8 Å². The summed E-state index contributed by atoms with van der Waals surface area (Å²) in [5, 5.41) is 1.83. The average molecular weight is 363 g/mol. The lowest BCUT2D eigenvalue weighted by molar-refractivity contribution is -0.671.